The summed E-state index contributed by atoms with van der Waals surface area (Å²) in [6.45, 7) is 2.03. The third kappa shape index (κ3) is 1.81. The summed E-state index contributed by atoms with van der Waals surface area (Å²) in [5.41, 5.74) is 1.17. The Kier molecular flexibility index (Phi) is 2.63. The molecule has 0 saturated heterocycles. The van der Waals surface area contributed by atoms with E-state index in [0.29, 0.717) is 4.90 Å². The maximum Gasteiger partial charge on any atom is 0.186 e. The predicted octanol–water partition coefficient (Wildman–Crippen LogP) is 5.16. The molecule has 1 aromatic heterocycles. The van der Waals surface area contributed by atoms with Crippen LogP contribution in [0.5, 0.6) is 0 Å². The highest BCUT2D eigenvalue weighted by Crippen LogP contribution is 2.42. The van der Waals surface area contributed by atoms with Gasteiger partial charge in [0, 0.05) is 39.6 Å². The van der Waals surface area contributed by atoms with Crippen LogP contribution in [-0.2, 0) is 0 Å². The van der Waals surface area contributed by atoms with Crippen molar-refractivity contribution in [3.8, 4) is 4.90 Å². The molecule has 3 heteroatoms. The minimum absolute atomic E-state index is 0.358. The summed E-state index contributed by atoms with van der Waals surface area (Å²) >= 11 is 0. The molecule has 1 atom stereocenters. The molecule has 0 fully saturated rings. The molecule has 0 bridgehead atoms. The normalized spacial score (nSPS) is 12.1. The van der Waals surface area contributed by atoms with E-state index < -0.39 is 11.6 Å². The fourth-order valence-electron chi connectivity index (χ4n) is 2.14. The van der Waals surface area contributed by atoms with Crippen molar-refractivity contribution >= 4 is 20.6 Å². The molecule has 0 saturated carbocycles. The van der Waals surface area contributed by atoms with Crippen molar-refractivity contribution in [1.29, 1.82) is 0 Å². The van der Waals surface area contributed by atoms with Gasteiger partial charge in [0.2, 0.25) is 0 Å². The van der Waals surface area contributed by atoms with E-state index in [9.17, 15) is 8.78 Å². The summed E-state index contributed by atoms with van der Waals surface area (Å²) in [5.74, 6) is -1.04. The predicted molar refractivity (Wildman–Crippen MR) is 72.4 cm³/mol. The van der Waals surface area contributed by atoms with E-state index >= 15 is 0 Å². The lowest BCUT2D eigenvalue weighted by atomic mass is 10.2. The van der Waals surface area contributed by atoms with Crippen molar-refractivity contribution in [3.63, 3.8) is 0 Å². The Hall–Kier alpha value is -1.74. The summed E-state index contributed by atoms with van der Waals surface area (Å²) in [4.78, 5) is 0.691. The number of thiophene rings is 1. The molecule has 0 aliphatic heterocycles. The molecular formula is C15H11F2S+. The summed E-state index contributed by atoms with van der Waals surface area (Å²) in [6.07, 6.45) is 0. The second kappa shape index (κ2) is 4.18. The average Bonchev–Trinajstić information content (AvgIpc) is 2.66. The van der Waals surface area contributed by atoms with Gasteiger partial charge in [-0.15, -0.1) is 0 Å². The first-order valence-electron chi connectivity index (χ1n) is 5.62. The molecule has 1 heterocycles. The maximum atomic E-state index is 13.3. The van der Waals surface area contributed by atoms with E-state index in [0.717, 1.165) is 10.8 Å². The summed E-state index contributed by atoms with van der Waals surface area (Å²) in [7, 11) is -0.358. The van der Waals surface area contributed by atoms with Crippen LogP contribution in [0.3, 0.4) is 0 Å². The van der Waals surface area contributed by atoms with Crippen molar-refractivity contribution in [3.05, 3.63) is 65.0 Å². The lowest BCUT2D eigenvalue weighted by Gasteiger charge is -1.93. The summed E-state index contributed by atoms with van der Waals surface area (Å²) in [6, 6.07) is 11.7. The average molecular weight is 261 g/mol. The Balaban J connectivity index is 2.31. The van der Waals surface area contributed by atoms with Gasteiger partial charge in [0.25, 0.3) is 0 Å². The van der Waals surface area contributed by atoms with Crippen molar-refractivity contribution in [2.45, 2.75) is 6.92 Å². The van der Waals surface area contributed by atoms with Crippen LogP contribution in [0.15, 0.2) is 47.8 Å². The fourth-order valence-corrected chi connectivity index (χ4v) is 4.31. The van der Waals surface area contributed by atoms with Crippen LogP contribution in [0.4, 0.5) is 8.78 Å². The molecule has 0 N–H and O–H groups in total. The fraction of sp³-hybridized carbons (Fsp3) is 0.0667. The van der Waals surface area contributed by atoms with Gasteiger partial charge in [-0.05, 0) is 19.1 Å². The van der Waals surface area contributed by atoms with E-state index in [4.69, 9.17) is 0 Å². The van der Waals surface area contributed by atoms with Gasteiger partial charge in [0.05, 0.1) is 0 Å². The Labute approximate surface area is 106 Å². The molecule has 0 aliphatic carbocycles. The van der Waals surface area contributed by atoms with Crippen LogP contribution < -0.4 is 0 Å². The Morgan fingerprint density at radius 1 is 0.944 bits per heavy atom. The number of aryl methyl sites for hydroxylation is 1. The Morgan fingerprint density at radius 2 is 1.61 bits per heavy atom. The zero-order valence-electron chi connectivity index (χ0n) is 9.78. The highest BCUT2D eigenvalue weighted by atomic mass is 32.2. The number of fused-ring (bicyclic) bond motifs is 1. The van der Waals surface area contributed by atoms with Crippen LogP contribution in [-0.4, -0.2) is 0 Å². The minimum atomic E-state index is -0.520. The van der Waals surface area contributed by atoms with Gasteiger partial charge >= 0.3 is 0 Å². The highest BCUT2D eigenvalue weighted by molar-refractivity contribution is 7.43. The second-order valence-corrected chi connectivity index (χ2v) is 6.06. The van der Waals surface area contributed by atoms with Gasteiger partial charge in [0.1, 0.15) is 17.0 Å². The van der Waals surface area contributed by atoms with Crippen LogP contribution in [0, 0.1) is 18.6 Å². The first-order chi connectivity index (χ1) is 8.65. The molecule has 2 aromatic carbocycles. The van der Waals surface area contributed by atoms with E-state index in [1.165, 1.54) is 23.1 Å². The Bertz CT molecular complexity index is 708. The topological polar surface area (TPSA) is 0 Å². The van der Waals surface area contributed by atoms with E-state index in [-0.39, 0.29) is 10.5 Å². The lowest BCUT2D eigenvalue weighted by Crippen LogP contribution is -1.79. The summed E-state index contributed by atoms with van der Waals surface area (Å²) in [5, 5.41) is 3.25. The first kappa shape index (κ1) is 11.4. The molecule has 0 aliphatic rings. The van der Waals surface area contributed by atoms with Gasteiger partial charge in [-0.3, -0.25) is 0 Å². The van der Waals surface area contributed by atoms with Crippen LogP contribution in [0.25, 0.3) is 15.0 Å². The smallest absolute Gasteiger partial charge is 0.186 e. The van der Waals surface area contributed by atoms with Crippen molar-refractivity contribution in [1.82, 2.24) is 0 Å². The van der Waals surface area contributed by atoms with E-state index in [1.54, 1.807) is 0 Å². The third-order valence-corrected chi connectivity index (χ3v) is 5.10. The molecule has 18 heavy (non-hydrogen) atoms. The number of hydrogen-bond donors (Lipinski definition) is 0. The second-order valence-electron chi connectivity index (χ2n) is 4.24. The first-order valence-corrected chi connectivity index (χ1v) is 6.91. The third-order valence-electron chi connectivity index (χ3n) is 2.93. The number of hydrogen-bond acceptors (Lipinski definition) is 0. The SMILES string of the molecule is Cc1c[s+](-c2cc(F)cc(F)c2)c2ccccc12. The van der Waals surface area contributed by atoms with Crippen molar-refractivity contribution in [2.24, 2.45) is 0 Å². The van der Waals surface area contributed by atoms with Gasteiger partial charge < -0.3 is 0 Å². The molecule has 1 unspecified atom stereocenters. The van der Waals surface area contributed by atoms with Crippen LogP contribution >= 0.6 is 10.5 Å². The molecule has 3 aromatic rings. The molecule has 0 spiro atoms. The van der Waals surface area contributed by atoms with Crippen molar-refractivity contribution < 1.29 is 8.78 Å². The van der Waals surface area contributed by atoms with Crippen molar-refractivity contribution in [2.75, 3.05) is 0 Å². The molecule has 3 rings (SSSR count). The number of halogens is 2. The largest absolute Gasteiger partial charge is 0.207 e. The van der Waals surface area contributed by atoms with Gasteiger partial charge in [-0.1, -0.05) is 12.1 Å². The zero-order valence-corrected chi connectivity index (χ0v) is 10.6. The monoisotopic (exact) mass is 261 g/mol. The minimum Gasteiger partial charge on any atom is -0.207 e. The van der Waals surface area contributed by atoms with E-state index in [1.807, 2.05) is 31.2 Å². The Morgan fingerprint density at radius 3 is 2.33 bits per heavy atom. The summed E-state index contributed by atoms with van der Waals surface area (Å²) < 4.78 is 27.7. The quantitative estimate of drug-likeness (QED) is 0.530. The standard InChI is InChI=1S/C15H11F2S/c1-10-9-18(15-5-3-2-4-14(10)15)13-7-11(16)6-12(17)8-13/h2-9H,1H3/q+1. The maximum absolute atomic E-state index is 13.3. The lowest BCUT2D eigenvalue weighted by molar-refractivity contribution is 0.585. The van der Waals surface area contributed by atoms with Crippen LogP contribution in [0.1, 0.15) is 5.56 Å². The molecule has 0 radical (unpaired) electrons. The molecule has 0 amide bonds. The molecule has 90 valence electrons. The van der Waals surface area contributed by atoms with Gasteiger partial charge in [-0.2, -0.15) is 0 Å². The van der Waals surface area contributed by atoms with Gasteiger partial charge in [0.15, 0.2) is 9.60 Å². The number of benzene rings is 2. The zero-order chi connectivity index (χ0) is 12.7. The highest BCUT2D eigenvalue weighted by Gasteiger charge is 2.19. The van der Waals surface area contributed by atoms with E-state index in [2.05, 4.69) is 5.38 Å². The molecule has 0 nitrogen and oxygen atoms in total. The number of rotatable bonds is 1. The van der Waals surface area contributed by atoms with Gasteiger partial charge in [-0.25, -0.2) is 8.78 Å². The van der Waals surface area contributed by atoms with Crippen LogP contribution in [0.2, 0.25) is 0 Å². The molecular weight excluding hydrogens is 250 g/mol.